The van der Waals surface area contributed by atoms with Crippen molar-refractivity contribution in [2.75, 3.05) is 5.32 Å². The second-order valence-electron chi connectivity index (χ2n) is 7.40. The van der Waals surface area contributed by atoms with Gasteiger partial charge in [-0.1, -0.05) is 18.2 Å². The molecule has 2 aliphatic rings. The van der Waals surface area contributed by atoms with Gasteiger partial charge in [-0.25, -0.2) is 4.98 Å². The molecule has 3 heterocycles. The van der Waals surface area contributed by atoms with Crippen molar-refractivity contribution in [1.82, 2.24) is 4.98 Å². The summed E-state index contributed by atoms with van der Waals surface area (Å²) in [6.45, 7) is 2.06. The molecule has 5 rings (SSSR count). The highest BCUT2D eigenvalue weighted by atomic mass is 32.1. The van der Waals surface area contributed by atoms with E-state index in [4.69, 9.17) is 4.74 Å². The van der Waals surface area contributed by atoms with Crippen LogP contribution in [0.1, 0.15) is 5.56 Å². The number of aryl methyl sites for hydroxylation is 1. The number of carbonyl (C=O) groups excluding carboxylic acids is 1. The van der Waals surface area contributed by atoms with E-state index in [0.717, 1.165) is 20.8 Å². The van der Waals surface area contributed by atoms with Gasteiger partial charge in [0.2, 0.25) is 5.91 Å². The maximum absolute atomic E-state index is 12.7. The normalized spacial score (nSPS) is 24.9. The summed E-state index contributed by atoms with van der Waals surface area (Å²) < 4.78 is 6.71. The van der Waals surface area contributed by atoms with Gasteiger partial charge in [-0.15, -0.1) is 11.3 Å². The number of nitrogens with one attached hydrogen (secondary N) is 1. The topological polar surface area (TPSA) is 88.5 Å². The van der Waals surface area contributed by atoms with Crippen molar-refractivity contribution < 1.29 is 19.4 Å². The molecule has 3 aromatic rings. The maximum atomic E-state index is 12.7. The van der Waals surface area contributed by atoms with E-state index in [-0.39, 0.29) is 5.91 Å². The number of carbonyl (C=O) groups is 2. The van der Waals surface area contributed by atoms with Crippen molar-refractivity contribution in [1.29, 1.82) is 0 Å². The highest BCUT2D eigenvalue weighted by Gasteiger charge is 2.53. The summed E-state index contributed by atoms with van der Waals surface area (Å²) in [5.41, 5.74) is 3.75. The zero-order valence-electron chi connectivity index (χ0n) is 15.5. The van der Waals surface area contributed by atoms with Crippen LogP contribution in [0.15, 0.2) is 54.6 Å². The van der Waals surface area contributed by atoms with Gasteiger partial charge in [0.25, 0.3) is 0 Å². The number of ether oxygens (including phenoxy) is 1. The van der Waals surface area contributed by atoms with Gasteiger partial charge in [-0.2, -0.15) is 0 Å². The molecule has 2 aliphatic heterocycles. The van der Waals surface area contributed by atoms with Crippen LogP contribution in [0.2, 0.25) is 0 Å². The van der Waals surface area contributed by atoms with Crippen LogP contribution in [0.5, 0.6) is 0 Å². The van der Waals surface area contributed by atoms with Crippen LogP contribution in [0.4, 0.5) is 5.69 Å². The molecule has 2 aromatic carbocycles. The number of amides is 1. The molecule has 29 heavy (non-hydrogen) atoms. The Hall–Kier alpha value is -3.03. The third-order valence-corrected chi connectivity index (χ3v) is 6.50. The van der Waals surface area contributed by atoms with Crippen LogP contribution in [0.3, 0.4) is 0 Å². The van der Waals surface area contributed by atoms with E-state index in [1.165, 1.54) is 5.56 Å². The fourth-order valence-electron chi connectivity index (χ4n) is 3.99. The Morgan fingerprint density at radius 2 is 1.79 bits per heavy atom. The lowest BCUT2D eigenvalue weighted by atomic mass is 9.82. The number of nitrogens with zero attached hydrogens (tertiary/aromatic N) is 1. The number of hydrogen-bond donors (Lipinski definition) is 2. The largest absolute Gasteiger partial charge is 0.481 e. The molecule has 1 aromatic heterocycles. The highest BCUT2D eigenvalue weighted by Crippen LogP contribution is 2.40. The van der Waals surface area contributed by atoms with Gasteiger partial charge in [0.15, 0.2) is 0 Å². The molecule has 4 atom stereocenters. The molecule has 0 radical (unpaired) electrons. The summed E-state index contributed by atoms with van der Waals surface area (Å²) in [7, 11) is 0. The number of thiazole rings is 1. The molecule has 0 spiro atoms. The van der Waals surface area contributed by atoms with Crippen LogP contribution in [0, 0.1) is 18.8 Å². The summed E-state index contributed by atoms with van der Waals surface area (Å²) in [6, 6.07) is 13.6. The molecular weight excluding hydrogens is 388 g/mol. The molecule has 2 bridgehead atoms. The molecule has 1 amide bonds. The lowest BCUT2D eigenvalue weighted by Gasteiger charge is -2.21. The first-order valence-corrected chi connectivity index (χ1v) is 10.2. The summed E-state index contributed by atoms with van der Waals surface area (Å²) in [6.07, 6.45) is 2.48. The Balaban J connectivity index is 1.34. The van der Waals surface area contributed by atoms with Gasteiger partial charge in [0.1, 0.15) is 10.9 Å². The fraction of sp³-hybridized carbons (Fsp3) is 0.227. The Bertz CT molecular complexity index is 1150. The molecule has 0 aliphatic carbocycles. The second kappa shape index (κ2) is 6.79. The quantitative estimate of drug-likeness (QED) is 0.642. The number of carboxylic acids is 1. The highest BCUT2D eigenvalue weighted by molar-refractivity contribution is 7.21. The van der Waals surface area contributed by atoms with Crippen LogP contribution in [0.25, 0.3) is 20.8 Å². The van der Waals surface area contributed by atoms with Crippen LogP contribution in [-0.2, 0) is 14.3 Å². The van der Waals surface area contributed by atoms with E-state index in [0.29, 0.717) is 5.69 Å². The molecule has 2 N–H and O–H groups in total. The summed E-state index contributed by atoms with van der Waals surface area (Å²) in [5, 5.41) is 13.2. The van der Waals surface area contributed by atoms with E-state index in [9.17, 15) is 14.7 Å². The average Bonchev–Trinajstić information content (AvgIpc) is 3.42. The van der Waals surface area contributed by atoms with Gasteiger partial charge in [0.05, 0.1) is 28.3 Å². The number of benzene rings is 2. The van der Waals surface area contributed by atoms with Crippen molar-refractivity contribution >= 4 is 39.1 Å². The van der Waals surface area contributed by atoms with Crippen LogP contribution in [-0.4, -0.2) is 34.2 Å². The molecule has 146 valence electrons. The minimum atomic E-state index is -1.01. The number of anilines is 1. The van der Waals surface area contributed by atoms with E-state index in [1.54, 1.807) is 23.5 Å². The molecule has 0 unspecified atom stereocenters. The van der Waals surface area contributed by atoms with Gasteiger partial charge in [-0.3, -0.25) is 9.59 Å². The van der Waals surface area contributed by atoms with E-state index >= 15 is 0 Å². The molecule has 6 nitrogen and oxygen atoms in total. The first-order chi connectivity index (χ1) is 14.0. The number of carboxylic acid groups (broad SMARTS) is 1. The van der Waals surface area contributed by atoms with Crippen molar-refractivity contribution in [3.8, 4) is 10.6 Å². The van der Waals surface area contributed by atoms with E-state index in [2.05, 4.69) is 23.3 Å². The van der Waals surface area contributed by atoms with Gasteiger partial charge < -0.3 is 15.2 Å². The van der Waals surface area contributed by atoms with Crippen LogP contribution < -0.4 is 5.32 Å². The van der Waals surface area contributed by atoms with Crippen molar-refractivity contribution in [2.45, 2.75) is 19.1 Å². The third-order valence-electron chi connectivity index (χ3n) is 5.43. The maximum Gasteiger partial charge on any atom is 0.310 e. The lowest BCUT2D eigenvalue weighted by molar-refractivity contribution is -0.145. The average molecular weight is 406 g/mol. The molecule has 7 heteroatoms. The summed E-state index contributed by atoms with van der Waals surface area (Å²) >= 11 is 1.63. The zero-order valence-corrected chi connectivity index (χ0v) is 16.3. The monoisotopic (exact) mass is 406 g/mol. The smallest absolute Gasteiger partial charge is 0.310 e. The summed E-state index contributed by atoms with van der Waals surface area (Å²) in [5.74, 6) is -2.92. The predicted octanol–water partition coefficient (Wildman–Crippen LogP) is 3.86. The van der Waals surface area contributed by atoms with E-state index in [1.807, 2.05) is 36.4 Å². The van der Waals surface area contributed by atoms with Crippen molar-refractivity contribution in [2.24, 2.45) is 11.8 Å². The zero-order chi connectivity index (χ0) is 20.1. The number of rotatable bonds is 4. The first kappa shape index (κ1) is 18.0. The Kier molecular flexibility index (Phi) is 4.22. The first-order valence-electron chi connectivity index (χ1n) is 9.35. The Morgan fingerprint density at radius 1 is 1.07 bits per heavy atom. The van der Waals surface area contributed by atoms with Gasteiger partial charge in [-0.05, 0) is 48.9 Å². The van der Waals surface area contributed by atoms with Gasteiger partial charge in [0, 0.05) is 11.3 Å². The molecule has 0 saturated carbocycles. The molecule has 1 fully saturated rings. The standard InChI is InChI=1S/C22H18N2O4S/c1-11-2-7-14-17(10-11)29-21(24-14)12-3-5-13(6-4-12)23-20(25)18-15-8-9-16(28-15)19(18)22(26)27/h2-10,15-16,18-19H,1H3,(H,23,25)(H,26,27)/t15-,16-,18+,19-/m1/s1. The third kappa shape index (κ3) is 3.12. The fourth-order valence-corrected chi connectivity index (χ4v) is 5.06. The second-order valence-corrected chi connectivity index (χ2v) is 8.43. The number of hydrogen-bond acceptors (Lipinski definition) is 5. The predicted molar refractivity (Wildman–Crippen MR) is 111 cm³/mol. The van der Waals surface area contributed by atoms with Crippen LogP contribution >= 0.6 is 11.3 Å². The SMILES string of the molecule is Cc1ccc2nc(-c3ccc(NC(=O)[C@@H]4[C@H](C(=O)O)[C@H]5C=C[C@H]4O5)cc3)sc2c1. The summed E-state index contributed by atoms with van der Waals surface area (Å²) in [4.78, 5) is 29.0. The Morgan fingerprint density at radius 3 is 2.52 bits per heavy atom. The number of aromatic nitrogens is 1. The molecule has 1 saturated heterocycles. The minimum absolute atomic E-state index is 0.336. The van der Waals surface area contributed by atoms with E-state index < -0.39 is 30.0 Å². The number of fused-ring (bicyclic) bond motifs is 3. The Labute approximate surface area is 170 Å². The minimum Gasteiger partial charge on any atom is -0.481 e. The lowest BCUT2D eigenvalue weighted by Crippen LogP contribution is -2.39. The van der Waals surface area contributed by atoms with Gasteiger partial charge >= 0.3 is 5.97 Å². The van der Waals surface area contributed by atoms with Crippen molar-refractivity contribution in [3.05, 3.63) is 60.2 Å². The van der Waals surface area contributed by atoms with Crippen molar-refractivity contribution in [3.63, 3.8) is 0 Å². The number of aliphatic carboxylic acids is 1. The molecular formula is C22H18N2O4S.